The molecule has 0 atom stereocenters. The Hall–Kier alpha value is -3.34. The molecule has 0 unspecified atom stereocenters. The smallest absolute Gasteiger partial charge is 0.335 e. The first-order valence-electron chi connectivity index (χ1n) is 8.42. The molecule has 5 nitrogen and oxygen atoms in total. The van der Waals surface area contributed by atoms with Crippen molar-refractivity contribution in [2.75, 3.05) is 0 Å². The van der Waals surface area contributed by atoms with Gasteiger partial charge in [-0.25, -0.2) is 9.78 Å². The van der Waals surface area contributed by atoms with E-state index in [0.29, 0.717) is 0 Å². The summed E-state index contributed by atoms with van der Waals surface area (Å²) in [5.74, 6) is -0.918. The molecule has 0 radical (unpaired) electrons. The number of imidazole rings is 1. The van der Waals surface area contributed by atoms with Crippen molar-refractivity contribution in [1.29, 1.82) is 0 Å². The third-order valence-corrected chi connectivity index (χ3v) is 4.68. The van der Waals surface area contributed by atoms with Crippen LogP contribution in [0.2, 0.25) is 0 Å². The minimum atomic E-state index is -0.918. The van der Waals surface area contributed by atoms with Crippen molar-refractivity contribution in [3.8, 4) is 16.9 Å². The highest BCUT2D eigenvalue weighted by atomic mass is 16.4. The summed E-state index contributed by atoms with van der Waals surface area (Å²) in [6.45, 7) is 6.16. The van der Waals surface area contributed by atoms with E-state index in [1.807, 2.05) is 35.7 Å². The van der Waals surface area contributed by atoms with Crippen LogP contribution in [0, 0.1) is 20.8 Å². The zero-order valence-corrected chi connectivity index (χ0v) is 14.9. The van der Waals surface area contributed by atoms with E-state index in [-0.39, 0.29) is 5.56 Å². The van der Waals surface area contributed by atoms with Gasteiger partial charge < -0.3 is 14.1 Å². The fraction of sp³-hybridized carbons (Fsp3) is 0.143. The highest BCUT2D eigenvalue weighted by Crippen LogP contribution is 2.29. The topological polar surface area (TPSA) is 59.5 Å². The van der Waals surface area contributed by atoms with Crippen LogP contribution >= 0.6 is 0 Å². The number of hydrogen-bond donors (Lipinski definition) is 1. The number of fused-ring (bicyclic) bond motifs is 1. The van der Waals surface area contributed by atoms with Gasteiger partial charge in [0.05, 0.1) is 11.3 Å². The summed E-state index contributed by atoms with van der Waals surface area (Å²) in [4.78, 5) is 15.8. The van der Waals surface area contributed by atoms with Gasteiger partial charge in [0.2, 0.25) is 0 Å². The number of carboxylic acid groups (broad SMARTS) is 1. The molecule has 0 saturated heterocycles. The molecule has 5 heteroatoms. The first-order chi connectivity index (χ1) is 12.4. The Morgan fingerprint density at radius 1 is 1.00 bits per heavy atom. The van der Waals surface area contributed by atoms with Crippen molar-refractivity contribution < 1.29 is 9.90 Å². The Bertz CT molecular complexity index is 1130. The first kappa shape index (κ1) is 16.1. The fourth-order valence-corrected chi connectivity index (χ4v) is 3.41. The molecule has 1 aromatic carbocycles. The molecule has 0 spiro atoms. The van der Waals surface area contributed by atoms with Crippen LogP contribution < -0.4 is 0 Å². The SMILES string of the molecule is Cc1ccc2nc(-c3cc(C)n(-c4ccc(C(=O)O)cc4)c3C)cn2c1. The zero-order chi connectivity index (χ0) is 18.4. The van der Waals surface area contributed by atoms with Gasteiger partial charge in [0.15, 0.2) is 0 Å². The van der Waals surface area contributed by atoms with Crippen LogP contribution in [-0.2, 0) is 0 Å². The third kappa shape index (κ3) is 2.58. The number of hydrogen-bond acceptors (Lipinski definition) is 2. The Labute approximate surface area is 151 Å². The molecule has 0 aliphatic heterocycles. The lowest BCUT2D eigenvalue weighted by atomic mass is 10.2. The van der Waals surface area contributed by atoms with Crippen molar-refractivity contribution >= 4 is 11.6 Å². The predicted octanol–water partition coefficient (Wildman–Crippen LogP) is 4.42. The van der Waals surface area contributed by atoms with Gasteiger partial charge in [-0.3, -0.25) is 0 Å². The number of aromatic carboxylic acids is 1. The van der Waals surface area contributed by atoms with Gasteiger partial charge in [0.1, 0.15) is 5.65 Å². The Morgan fingerprint density at radius 2 is 1.73 bits per heavy atom. The van der Waals surface area contributed by atoms with Crippen LogP contribution in [0.25, 0.3) is 22.6 Å². The number of carbonyl (C=O) groups is 1. The molecule has 0 aliphatic rings. The summed E-state index contributed by atoms with van der Waals surface area (Å²) in [7, 11) is 0. The molecule has 1 N–H and O–H groups in total. The van der Waals surface area contributed by atoms with E-state index in [2.05, 4.69) is 36.7 Å². The summed E-state index contributed by atoms with van der Waals surface area (Å²) in [5.41, 5.74) is 7.48. The number of rotatable bonds is 3. The molecule has 0 aliphatic carbocycles. The molecule has 4 aromatic rings. The number of aromatic nitrogens is 3. The number of pyridine rings is 1. The van der Waals surface area contributed by atoms with E-state index in [0.717, 1.165) is 34.0 Å². The monoisotopic (exact) mass is 345 g/mol. The van der Waals surface area contributed by atoms with Crippen LogP contribution in [0.1, 0.15) is 27.3 Å². The van der Waals surface area contributed by atoms with E-state index in [1.165, 1.54) is 5.56 Å². The van der Waals surface area contributed by atoms with Crippen molar-refractivity contribution in [3.63, 3.8) is 0 Å². The van der Waals surface area contributed by atoms with E-state index < -0.39 is 5.97 Å². The second-order valence-corrected chi connectivity index (χ2v) is 6.57. The van der Waals surface area contributed by atoms with Crippen LogP contribution in [0.15, 0.2) is 54.9 Å². The van der Waals surface area contributed by atoms with Gasteiger partial charge in [0, 0.05) is 35.0 Å². The molecule has 4 rings (SSSR count). The van der Waals surface area contributed by atoms with Gasteiger partial charge in [-0.1, -0.05) is 6.07 Å². The third-order valence-electron chi connectivity index (χ3n) is 4.68. The van der Waals surface area contributed by atoms with Gasteiger partial charge in [-0.15, -0.1) is 0 Å². The lowest BCUT2D eigenvalue weighted by Gasteiger charge is -2.10. The summed E-state index contributed by atoms with van der Waals surface area (Å²) in [6.07, 6.45) is 4.11. The second-order valence-electron chi connectivity index (χ2n) is 6.57. The first-order valence-corrected chi connectivity index (χ1v) is 8.42. The number of aryl methyl sites for hydroxylation is 2. The summed E-state index contributed by atoms with van der Waals surface area (Å²) in [6, 6.07) is 13.1. The van der Waals surface area contributed by atoms with E-state index in [9.17, 15) is 4.79 Å². The van der Waals surface area contributed by atoms with Crippen molar-refractivity contribution in [3.05, 3.63) is 77.4 Å². The molecular weight excluding hydrogens is 326 g/mol. The van der Waals surface area contributed by atoms with Crippen molar-refractivity contribution in [2.24, 2.45) is 0 Å². The van der Waals surface area contributed by atoms with E-state index >= 15 is 0 Å². The van der Waals surface area contributed by atoms with Gasteiger partial charge in [0.25, 0.3) is 0 Å². The second kappa shape index (κ2) is 5.88. The average Bonchev–Trinajstić information content (AvgIpc) is 3.15. The number of nitrogens with zero attached hydrogens (tertiary/aromatic N) is 3. The number of carboxylic acids is 1. The molecule has 0 amide bonds. The van der Waals surface area contributed by atoms with E-state index in [1.54, 1.807) is 12.1 Å². The highest BCUT2D eigenvalue weighted by molar-refractivity contribution is 5.87. The van der Waals surface area contributed by atoms with Crippen LogP contribution in [0.3, 0.4) is 0 Å². The lowest BCUT2D eigenvalue weighted by molar-refractivity contribution is 0.0697. The quantitative estimate of drug-likeness (QED) is 0.598. The number of benzene rings is 1. The van der Waals surface area contributed by atoms with Crippen LogP contribution in [0.4, 0.5) is 0 Å². The average molecular weight is 345 g/mol. The molecule has 3 aromatic heterocycles. The maximum absolute atomic E-state index is 11.1. The predicted molar refractivity (Wildman–Crippen MR) is 101 cm³/mol. The zero-order valence-electron chi connectivity index (χ0n) is 14.9. The molecule has 0 saturated carbocycles. The molecule has 0 fully saturated rings. The molecule has 26 heavy (non-hydrogen) atoms. The summed E-state index contributed by atoms with van der Waals surface area (Å²) >= 11 is 0. The fourth-order valence-electron chi connectivity index (χ4n) is 3.41. The Morgan fingerprint density at radius 3 is 2.42 bits per heavy atom. The standard InChI is InChI=1S/C21H19N3O2/c1-13-4-9-20-22-19(12-23(20)11-13)18-10-14(2)24(15(18)3)17-7-5-16(6-8-17)21(25)26/h4-12H,1-3H3,(H,25,26). The van der Waals surface area contributed by atoms with Crippen molar-refractivity contribution in [2.45, 2.75) is 20.8 Å². The minimum Gasteiger partial charge on any atom is -0.478 e. The molecular formula is C21H19N3O2. The van der Waals surface area contributed by atoms with Crippen molar-refractivity contribution in [1.82, 2.24) is 14.0 Å². The molecule has 0 bridgehead atoms. The Kier molecular flexibility index (Phi) is 3.65. The van der Waals surface area contributed by atoms with E-state index in [4.69, 9.17) is 10.1 Å². The summed E-state index contributed by atoms with van der Waals surface area (Å²) in [5, 5.41) is 9.08. The van der Waals surface area contributed by atoms with Gasteiger partial charge in [-0.05, 0) is 62.7 Å². The summed E-state index contributed by atoms with van der Waals surface area (Å²) < 4.78 is 4.16. The Balaban J connectivity index is 1.81. The van der Waals surface area contributed by atoms with Crippen LogP contribution in [-0.4, -0.2) is 25.0 Å². The normalized spacial score (nSPS) is 11.2. The lowest BCUT2D eigenvalue weighted by Crippen LogP contribution is -2.01. The van der Waals surface area contributed by atoms with Gasteiger partial charge >= 0.3 is 5.97 Å². The maximum Gasteiger partial charge on any atom is 0.335 e. The molecule has 130 valence electrons. The largest absolute Gasteiger partial charge is 0.478 e. The highest BCUT2D eigenvalue weighted by Gasteiger charge is 2.15. The minimum absolute atomic E-state index is 0.284. The van der Waals surface area contributed by atoms with Gasteiger partial charge in [-0.2, -0.15) is 0 Å². The van der Waals surface area contributed by atoms with Crippen LogP contribution in [0.5, 0.6) is 0 Å². The maximum atomic E-state index is 11.1. The molecule has 3 heterocycles.